The second-order valence-corrected chi connectivity index (χ2v) is 7.80. The van der Waals surface area contributed by atoms with Gasteiger partial charge in [-0.1, -0.05) is 19.3 Å². The Kier molecular flexibility index (Phi) is 6.22. The average molecular weight is 305 g/mol. The summed E-state index contributed by atoms with van der Waals surface area (Å²) in [5, 5.41) is 3.28. The van der Waals surface area contributed by atoms with Gasteiger partial charge in [-0.15, -0.1) is 0 Å². The molecule has 1 rings (SSSR count). The number of nitrogens with one attached hydrogen (secondary N) is 3. The van der Waals surface area contributed by atoms with Gasteiger partial charge in [0.15, 0.2) is 0 Å². The predicted molar refractivity (Wildman–Crippen MR) is 81.7 cm³/mol. The second-order valence-electron chi connectivity index (χ2n) is 6.05. The lowest BCUT2D eigenvalue weighted by Crippen LogP contribution is -2.49. The number of guanidine groups is 1. The van der Waals surface area contributed by atoms with Crippen LogP contribution < -0.4 is 21.3 Å². The van der Waals surface area contributed by atoms with E-state index >= 15 is 0 Å². The van der Waals surface area contributed by atoms with Crippen molar-refractivity contribution >= 4 is 16.0 Å². The number of hydrazine groups is 1. The van der Waals surface area contributed by atoms with Gasteiger partial charge >= 0.3 is 0 Å². The number of aliphatic imine (C=N–C) groups is 1. The first-order chi connectivity index (χ1) is 9.22. The number of sulfonamides is 1. The van der Waals surface area contributed by atoms with Gasteiger partial charge in [-0.25, -0.2) is 19.0 Å². The van der Waals surface area contributed by atoms with E-state index in [1.807, 2.05) is 0 Å². The molecule has 0 spiro atoms. The monoisotopic (exact) mass is 305 g/mol. The van der Waals surface area contributed by atoms with Gasteiger partial charge in [0, 0.05) is 11.6 Å². The maximum absolute atomic E-state index is 11.3. The van der Waals surface area contributed by atoms with Crippen molar-refractivity contribution in [3.05, 3.63) is 0 Å². The number of hydrogen-bond donors (Lipinski definition) is 4. The minimum atomic E-state index is -3.25. The van der Waals surface area contributed by atoms with Crippen LogP contribution in [0.2, 0.25) is 0 Å². The van der Waals surface area contributed by atoms with Crippen molar-refractivity contribution in [2.24, 2.45) is 10.8 Å². The van der Waals surface area contributed by atoms with Crippen molar-refractivity contribution < 1.29 is 8.42 Å². The molecule has 0 aromatic carbocycles. The third kappa shape index (κ3) is 7.06. The normalized spacial score (nSPS) is 18.9. The van der Waals surface area contributed by atoms with Crippen molar-refractivity contribution in [2.45, 2.75) is 57.5 Å². The van der Waals surface area contributed by atoms with Crippen LogP contribution >= 0.6 is 0 Å². The molecule has 1 aliphatic rings. The van der Waals surface area contributed by atoms with Crippen molar-refractivity contribution in [3.8, 4) is 0 Å². The summed E-state index contributed by atoms with van der Waals surface area (Å²) < 4.78 is 25.1. The second kappa shape index (κ2) is 7.24. The van der Waals surface area contributed by atoms with E-state index in [2.05, 4.69) is 20.5 Å². The maximum Gasteiger partial charge on any atom is 0.209 e. The lowest BCUT2D eigenvalue weighted by Gasteiger charge is -2.26. The Hall–Kier alpha value is -0.860. The molecule has 0 unspecified atom stereocenters. The number of nitrogens with zero attached hydrogens (tertiary/aromatic N) is 1. The van der Waals surface area contributed by atoms with Crippen LogP contribution in [0, 0.1) is 0 Å². The van der Waals surface area contributed by atoms with Crippen molar-refractivity contribution in [3.63, 3.8) is 0 Å². The summed E-state index contributed by atoms with van der Waals surface area (Å²) in [4.78, 5) is 4.33. The molecule has 1 aliphatic carbocycles. The molecule has 0 atom stereocenters. The summed E-state index contributed by atoms with van der Waals surface area (Å²) >= 11 is 0. The minimum Gasteiger partial charge on any atom is -0.353 e. The topological polar surface area (TPSA) is 109 Å². The van der Waals surface area contributed by atoms with Crippen molar-refractivity contribution in [1.29, 1.82) is 0 Å². The quantitative estimate of drug-likeness (QED) is 0.248. The Morgan fingerprint density at radius 1 is 1.30 bits per heavy atom. The standard InChI is InChI=1S/C12H27N5O2S/c1-12(2,17-20(3,18)19)9-14-11(16-13)15-10-7-5-4-6-8-10/h10,17H,4-9,13H2,1-3H3,(H2,14,15,16). The molecule has 0 heterocycles. The zero-order valence-electron chi connectivity index (χ0n) is 12.6. The molecule has 118 valence electrons. The third-order valence-electron chi connectivity index (χ3n) is 3.18. The Morgan fingerprint density at radius 3 is 2.40 bits per heavy atom. The highest BCUT2D eigenvalue weighted by Crippen LogP contribution is 2.17. The summed E-state index contributed by atoms with van der Waals surface area (Å²) in [6, 6.07) is 0.393. The van der Waals surface area contributed by atoms with Crippen LogP contribution in [-0.4, -0.2) is 38.8 Å². The molecule has 0 saturated heterocycles. The van der Waals surface area contributed by atoms with E-state index in [0.717, 1.165) is 19.1 Å². The van der Waals surface area contributed by atoms with Gasteiger partial charge in [-0.05, 0) is 26.7 Å². The van der Waals surface area contributed by atoms with Gasteiger partial charge in [0.1, 0.15) is 0 Å². The average Bonchev–Trinajstić information content (AvgIpc) is 2.33. The minimum absolute atomic E-state index is 0.305. The van der Waals surface area contributed by atoms with E-state index in [9.17, 15) is 8.42 Å². The summed E-state index contributed by atoms with van der Waals surface area (Å²) in [5.74, 6) is 5.98. The largest absolute Gasteiger partial charge is 0.353 e. The highest BCUT2D eigenvalue weighted by Gasteiger charge is 2.22. The molecule has 0 aromatic heterocycles. The molecule has 8 heteroatoms. The molecule has 0 bridgehead atoms. The van der Waals surface area contributed by atoms with Gasteiger partial charge in [-0.2, -0.15) is 0 Å². The van der Waals surface area contributed by atoms with E-state index < -0.39 is 15.6 Å². The van der Waals surface area contributed by atoms with Crippen molar-refractivity contribution in [1.82, 2.24) is 15.5 Å². The molecule has 20 heavy (non-hydrogen) atoms. The molecule has 1 saturated carbocycles. The SMILES string of the molecule is CC(C)(CN=C(NN)NC1CCCCC1)NS(C)(=O)=O. The summed E-state index contributed by atoms with van der Waals surface area (Å²) in [5.41, 5.74) is 1.90. The van der Waals surface area contributed by atoms with Crippen LogP contribution in [0.3, 0.4) is 0 Å². The van der Waals surface area contributed by atoms with E-state index in [1.165, 1.54) is 19.3 Å². The smallest absolute Gasteiger partial charge is 0.209 e. The maximum atomic E-state index is 11.3. The fourth-order valence-corrected chi connectivity index (χ4v) is 3.45. The summed E-state index contributed by atoms with van der Waals surface area (Å²) in [6.07, 6.45) is 7.09. The Morgan fingerprint density at radius 2 is 1.90 bits per heavy atom. The first kappa shape index (κ1) is 17.2. The molecule has 0 aliphatic heterocycles. The summed E-state index contributed by atoms with van der Waals surface area (Å²) in [6.45, 7) is 3.87. The zero-order chi connectivity index (χ0) is 15.2. The number of rotatable bonds is 5. The fraction of sp³-hybridized carbons (Fsp3) is 0.917. The van der Waals surface area contributed by atoms with Crippen LogP contribution in [0.15, 0.2) is 4.99 Å². The van der Waals surface area contributed by atoms with Crippen LogP contribution in [0.25, 0.3) is 0 Å². The van der Waals surface area contributed by atoms with E-state index in [-0.39, 0.29) is 0 Å². The first-order valence-electron chi connectivity index (χ1n) is 6.98. The molecule has 1 fully saturated rings. The molecular weight excluding hydrogens is 278 g/mol. The fourth-order valence-electron chi connectivity index (χ4n) is 2.38. The Labute approximate surface area is 121 Å². The predicted octanol–water partition coefficient (Wildman–Crippen LogP) is 0.0558. The van der Waals surface area contributed by atoms with Crippen LogP contribution in [0.1, 0.15) is 46.0 Å². The van der Waals surface area contributed by atoms with Crippen LogP contribution in [-0.2, 0) is 10.0 Å². The van der Waals surface area contributed by atoms with Crippen LogP contribution in [0.5, 0.6) is 0 Å². The molecule has 0 amide bonds. The number of nitrogens with two attached hydrogens (primary N) is 1. The lowest BCUT2D eigenvalue weighted by molar-refractivity contribution is 0.408. The molecule has 0 aromatic rings. The Balaban J connectivity index is 2.55. The van der Waals surface area contributed by atoms with E-state index in [1.54, 1.807) is 13.8 Å². The molecule has 7 nitrogen and oxygen atoms in total. The van der Waals surface area contributed by atoms with Crippen LogP contribution in [0.4, 0.5) is 0 Å². The number of hydrogen-bond acceptors (Lipinski definition) is 4. The van der Waals surface area contributed by atoms with Gasteiger partial charge < -0.3 is 5.32 Å². The molecular formula is C12H27N5O2S. The van der Waals surface area contributed by atoms with Gasteiger partial charge in [-0.3, -0.25) is 10.4 Å². The molecule has 0 radical (unpaired) electrons. The third-order valence-corrected chi connectivity index (χ3v) is 4.10. The molecule has 5 N–H and O–H groups in total. The van der Waals surface area contributed by atoms with Gasteiger partial charge in [0.2, 0.25) is 16.0 Å². The zero-order valence-corrected chi connectivity index (χ0v) is 13.4. The highest BCUT2D eigenvalue weighted by atomic mass is 32.2. The highest BCUT2D eigenvalue weighted by molar-refractivity contribution is 7.88. The Bertz CT molecular complexity index is 427. The van der Waals surface area contributed by atoms with E-state index in [0.29, 0.717) is 18.5 Å². The van der Waals surface area contributed by atoms with Gasteiger partial charge in [0.25, 0.3) is 0 Å². The first-order valence-corrected chi connectivity index (χ1v) is 8.87. The van der Waals surface area contributed by atoms with Gasteiger partial charge in [0.05, 0.1) is 12.8 Å². The lowest BCUT2D eigenvalue weighted by atomic mass is 9.96. The van der Waals surface area contributed by atoms with E-state index in [4.69, 9.17) is 5.84 Å². The summed E-state index contributed by atoms with van der Waals surface area (Å²) in [7, 11) is -3.25. The van der Waals surface area contributed by atoms with Crippen molar-refractivity contribution in [2.75, 3.05) is 12.8 Å².